The molecule has 1 aliphatic heterocycles. The lowest BCUT2D eigenvalue weighted by atomic mass is 9.94. The Bertz CT molecular complexity index is 1530. The fourth-order valence-corrected chi connectivity index (χ4v) is 6.33. The molecule has 2 aliphatic rings. The van der Waals surface area contributed by atoms with Gasteiger partial charge < -0.3 is 34.7 Å². The Kier molecular flexibility index (Phi) is 17.2. The lowest BCUT2D eigenvalue weighted by molar-refractivity contribution is -0.177. The number of carbonyl (C=O) groups is 5. The number of hydrogen-bond acceptors (Lipinski definition) is 11. The highest BCUT2D eigenvalue weighted by atomic mass is 16.8. The van der Waals surface area contributed by atoms with Crippen molar-refractivity contribution in [3.8, 4) is 11.1 Å². The Morgan fingerprint density at radius 1 is 0.830 bits per heavy atom. The number of rotatable bonds is 24. The molecule has 14 heteroatoms. The number of aliphatic hydroxyl groups excluding tert-OH is 1. The van der Waals surface area contributed by atoms with Crippen molar-refractivity contribution in [3.05, 3.63) is 58.7 Å². The summed E-state index contributed by atoms with van der Waals surface area (Å²) in [5.74, 6) is -1.63. The lowest BCUT2D eigenvalue weighted by Crippen LogP contribution is -2.32. The van der Waals surface area contributed by atoms with E-state index in [1.165, 1.54) is 0 Å². The number of hydrogen-bond donors (Lipinski definition) is 3. The van der Waals surface area contributed by atoms with E-state index in [0.717, 1.165) is 39.8 Å². The van der Waals surface area contributed by atoms with Crippen LogP contribution in [0.15, 0.2) is 36.4 Å². The van der Waals surface area contributed by atoms with Crippen LogP contribution in [0.25, 0.3) is 11.1 Å². The highest BCUT2D eigenvalue weighted by molar-refractivity contribution is 6.01. The highest BCUT2D eigenvalue weighted by Crippen LogP contribution is 2.46. The minimum absolute atomic E-state index is 0.0206. The van der Waals surface area contributed by atoms with Crippen molar-refractivity contribution in [3.63, 3.8) is 0 Å². The van der Waals surface area contributed by atoms with Crippen LogP contribution in [-0.4, -0.2) is 106 Å². The van der Waals surface area contributed by atoms with Crippen LogP contribution in [0, 0.1) is 0 Å². The number of methoxy groups -OCH3 is 1. The number of carbonyl (C=O) groups excluding carboxylic acids is 5. The first-order valence-corrected chi connectivity index (χ1v) is 18.5. The Hall–Kier alpha value is -4.37. The number of hydroxylamine groups is 2. The number of aryl methyl sites for hydroxylation is 2. The van der Waals surface area contributed by atoms with Crippen molar-refractivity contribution >= 4 is 29.8 Å². The van der Waals surface area contributed by atoms with Gasteiger partial charge in [0.25, 0.3) is 11.8 Å². The molecule has 1 fully saturated rings. The molecule has 2 aromatic carbocycles. The standard InChI is InChI=1S/C39H53N3O11/c1-27(16-19-43)51-23-18-41-36(45)9-4-7-29-11-13-31-30-12-10-28(6-3-8-35(44)40-17-22-50-21-5-20-49-2)24-32(30)34(33(31)25-29)26-52-39(48)53-42-37(46)14-15-38(42)47/h10-13,24-25,27,34,43H,3-9,14-23,26H2,1-2H3,(H,40,44)(H,41,45). The van der Waals surface area contributed by atoms with Gasteiger partial charge in [-0.3, -0.25) is 24.0 Å². The predicted octanol–water partition coefficient (Wildman–Crippen LogP) is 3.73. The largest absolute Gasteiger partial charge is 0.533 e. The second-order valence-corrected chi connectivity index (χ2v) is 13.2. The van der Waals surface area contributed by atoms with E-state index in [1.54, 1.807) is 7.11 Å². The molecule has 2 atom stereocenters. The summed E-state index contributed by atoms with van der Waals surface area (Å²) in [4.78, 5) is 66.3. The summed E-state index contributed by atoms with van der Waals surface area (Å²) in [5.41, 5.74) is 5.97. The van der Waals surface area contributed by atoms with Crippen LogP contribution in [0.3, 0.4) is 0 Å². The number of benzene rings is 2. The smallest absolute Gasteiger partial charge is 0.432 e. The van der Waals surface area contributed by atoms with E-state index in [4.69, 9.17) is 28.9 Å². The monoisotopic (exact) mass is 739 g/mol. The second-order valence-electron chi connectivity index (χ2n) is 13.2. The summed E-state index contributed by atoms with van der Waals surface area (Å²) in [6, 6.07) is 12.3. The van der Waals surface area contributed by atoms with Crippen molar-refractivity contribution < 1.29 is 52.9 Å². The summed E-state index contributed by atoms with van der Waals surface area (Å²) >= 11 is 0. The van der Waals surface area contributed by atoms with Crippen molar-refractivity contribution in [2.24, 2.45) is 0 Å². The molecule has 0 aromatic heterocycles. The lowest BCUT2D eigenvalue weighted by Gasteiger charge is -2.17. The zero-order chi connectivity index (χ0) is 38.0. The van der Waals surface area contributed by atoms with Crippen LogP contribution in [0.5, 0.6) is 0 Å². The van der Waals surface area contributed by atoms with E-state index in [1.807, 2.05) is 31.2 Å². The fourth-order valence-electron chi connectivity index (χ4n) is 6.33. The third-order valence-corrected chi connectivity index (χ3v) is 9.12. The summed E-state index contributed by atoms with van der Waals surface area (Å²) in [6.45, 7) is 4.75. The molecule has 1 heterocycles. The van der Waals surface area contributed by atoms with Crippen LogP contribution < -0.4 is 10.6 Å². The minimum atomic E-state index is -1.14. The zero-order valence-corrected chi connectivity index (χ0v) is 30.8. The maximum atomic E-state index is 12.6. The molecular weight excluding hydrogens is 686 g/mol. The molecular formula is C39H53N3O11. The van der Waals surface area contributed by atoms with Crippen LogP contribution in [0.4, 0.5) is 4.79 Å². The average molecular weight is 740 g/mol. The van der Waals surface area contributed by atoms with E-state index in [-0.39, 0.29) is 49.9 Å². The molecule has 1 saturated heterocycles. The van der Waals surface area contributed by atoms with Crippen LogP contribution in [0.2, 0.25) is 0 Å². The number of fused-ring (bicyclic) bond motifs is 3. The molecule has 0 spiro atoms. The van der Waals surface area contributed by atoms with Crippen LogP contribution in [-0.2, 0) is 55.8 Å². The quantitative estimate of drug-likeness (QED) is 0.0812. The molecule has 290 valence electrons. The molecule has 3 N–H and O–H groups in total. The third kappa shape index (κ3) is 13.2. The molecule has 0 bridgehead atoms. The molecule has 53 heavy (non-hydrogen) atoms. The number of imide groups is 1. The Labute approximate surface area is 310 Å². The number of nitrogens with zero attached hydrogens (tertiary/aromatic N) is 1. The number of amides is 4. The topological polar surface area (TPSA) is 179 Å². The van der Waals surface area contributed by atoms with Gasteiger partial charge in [-0.1, -0.05) is 41.5 Å². The predicted molar refractivity (Wildman–Crippen MR) is 194 cm³/mol. The van der Waals surface area contributed by atoms with Crippen molar-refractivity contribution in [1.82, 2.24) is 15.7 Å². The molecule has 2 unspecified atom stereocenters. The molecule has 2 aromatic rings. The Balaban J connectivity index is 1.35. The summed E-state index contributed by atoms with van der Waals surface area (Å²) in [7, 11) is 1.65. The molecule has 1 aliphatic carbocycles. The van der Waals surface area contributed by atoms with Gasteiger partial charge in [-0.2, -0.15) is 0 Å². The van der Waals surface area contributed by atoms with Crippen molar-refractivity contribution in [2.45, 2.75) is 83.2 Å². The van der Waals surface area contributed by atoms with Gasteiger partial charge in [0.05, 0.1) is 19.3 Å². The molecule has 4 amide bonds. The third-order valence-electron chi connectivity index (χ3n) is 9.12. The van der Waals surface area contributed by atoms with Gasteiger partial charge in [0, 0.05) is 71.6 Å². The van der Waals surface area contributed by atoms with Crippen molar-refractivity contribution in [1.29, 1.82) is 0 Å². The highest BCUT2D eigenvalue weighted by Gasteiger charge is 2.35. The zero-order valence-electron chi connectivity index (χ0n) is 30.8. The van der Waals surface area contributed by atoms with E-state index in [2.05, 4.69) is 22.8 Å². The Morgan fingerprint density at radius 2 is 1.42 bits per heavy atom. The van der Waals surface area contributed by atoms with Gasteiger partial charge in [-0.15, -0.1) is 0 Å². The second kappa shape index (κ2) is 22.0. The number of ether oxygens (including phenoxy) is 4. The Morgan fingerprint density at radius 3 is 1.98 bits per heavy atom. The summed E-state index contributed by atoms with van der Waals surface area (Å²) in [6.07, 6.45) is 3.42. The van der Waals surface area contributed by atoms with Crippen LogP contribution in [0.1, 0.15) is 86.5 Å². The first kappa shape index (κ1) is 41.4. The average Bonchev–Trinajstić information content (AvgIpc) is 3.62. The van der Waals surface area contributed by atoms with E-state index >= 15 is 0 Å². The van der Waals surface area contributed by atoms with Crippen LogP contribution >= 0.6 is 0 Å². The van der Waals surface area contributed by atoms with Gasteiger partial charge >= 0.3 is 6.16 Å². The molecule has 4 rings (SSSR count). The normalized spacial score (nSPS) is 15.2. The summed E-state index contributed by atoms with van der Waals surface area (Å²) < 4.78 is 21.5. The first-order valence-electron chi connectivity index (χ1n) is 18.5. The fraction of sp³-hybridized carbons (Fsp3) is 0.564. The SMILES string of the molecule is COCCCOCCNC(=O)CCCc1ccc2c(c1)C(COC(=O)ON1C(=O)CCC1=O)c1cc(CCCC(=O)NCCOC(C)CCO)ccc1-2. The summed E-state index contributed by atoms with van der Waals surface area (Å²) in [5, 5.41) is 15.2. The first-order chi connectivity index (χ1) is 25.7. The maximum Gasteiger partial charge on any atom is 0.533 e. The van der Waals surface area contributed by atoms with Gasteiger partial charge in [0.1, 0.15) is 6.61 Å². The van der Waals surface area contributed by atoms with E-state index in [9.17, 15) is 24.0 Å². The molecule has 0 saturated carbocycles. The van der Waals surface area contributed by atoms with E-state index < -0.39 is 18.0 Å². The van der Waals surface area contributed by atoms with Gasteiger partial charge in [-0.05, 0) is 78.8 Å². The minimum Gasteiger partial charge on any atom is -0.432 e. The van der Waals surface area contributed by atoms with Gasteiger partial charge in [0.15, 0.2) is 0 Å². The van der Waals surface area contributed by atoms with E-state index in [0.29, 0.717) is 89.5 Å². The van der Waals surface area contributed by atoms with Crippen molar-refractivity contribution in [2.75, 3.05) is 59.8 Å². The van der Waals surface area contributed by atoms with Gasteiger partial charge in [-0.25, -0.2) is 4.79 Å². The maximum absolute atomic E-state index is 12.6. The number of aliphatic hydroxyl groups is 1. The van der Waals surface area contributed by atoms with Gasteiger partial charge in [0.2, 0.25) is 11.8 Å². The molecule has 14 nitrogen and oxygen atoms in total. The number of nitrogens with one attached hydrogen (secondary N) is 2. The molecule has 0 radical (unpaired) electrons.